The van der Waals surface area contributed by atoms with Gasteiger partial charge in [-0.25, -0.2) is 4.98 Å². The van der Waals surface area contributed by atoms with Crippen molar-refractivity contribution < 1.29 is 13.9 Å². The number of ether oxygens (including phenoxy) is 1. The summed E-state index contributed by atoms with van der Waals surface area (Å²) in [6.07, 6.45) is 0.740. The van der Waals surface area contributed by atoms with Crippen molar-refractivity contribution in [3.8, 4) is 17.2 Å². The second kappa shape index (κ2) is 10.4. The van der Waals surface area contributed by atoms with E-state index in [2.05, 4.69) is 10.3 Å². The molecule has 5 nitrogen and oxygen atoms in total. The van der Waals surface area contributed by atoms with E-state index in [0.717, 1.165) is 29.0 Å². The SMILES string of the molecule is Cc1ccc(OCc2nc(-c3ccc(C(=O)NCCc4ccc(Cl)cc4)cc3)oc2C)cc1. The lowest BCUT2D eigenvalue weighted by Gasteiger charge is -2.06. The molecule has 0 saturated heterocycles. The number of amides is 1. The summed E-state index contributed by atoms with van der Waals surface area (Å²) in [5.41, 5.74) is 4.44. The maximum atomic E-state index is 12.4. The maximum Gasteiger partial charge on any atom is 0.251 e. The van der Waals surface area contributed by atoms with Gasteiger partial charge in [-0.2, -0.15) is 0 Å². The summed E-state index contributed by atoms with van der Waals surface area (Å²) in [5, 5.41) is 3.65. The number of carbonyl (C=O) groups excluding carboxylic acids is 1. The van der Waals surface area contributed by atoms with E-state index < -0.39 is 0 Å². The molecule has 6 heteroatoms. The minimum Gasteiger partial charge on any atom is -0.487 e. The Morgan fingerprint density at radius 3 is 2.36 bits per heavy atom. The molecule has 0 saturated carbocycles. The van der Waals surface area contributed by atoms with Gasteiger partial charge in [0, 0.05) is 22.7 Å². The van der Waals surface area contributed by atoms with Crippen LogP contribution in [0, 0.1) is 13.8 Å². The second-order valence-corrected chi connectivity index (χ2v) is 8.27. The molecule has 0 radical (unpaired) electrons. The predicted octanol–water partition coefficient (Wildman–Crippen LogP) is 6.16. The number of benzene rings is 3. The lowest BCUT2D eigenvalue weighted by molar-refractivity contribution is 0.0954. The lowest BCUT2D eigenvalue weighted by atomic mass is 10.1. The third-order valence-corrected chi connectivity index (χ3v) is 5.55. The molecule has 4 rings (SSSR count). The van der Waals surface area contributed by atoms with Gasteiger partial charge in [-0.05, 0) is 74.4 Å². The number of carbonyl (C=O) groups is 1. The van der Waals surface area contributed by atoms with Crippen LogP contribution >= 0.6 is 11.6 Å². The summed E-state index contributed by atoms with van der Waals surface area (Å²) >= 11 is 5.90. The lowest BCUT2D eigenvalue weighted by Crippen LogP contribution is -2.25. The smallest absolute Gasteiger partial charge is 0.251 e. The number of nitrogens with zero attached hydrogens (tertiary/aromatic N) is 1. The summed E-state index contributed by atoms with van der Waals surface area (Å²) in [6, 6.07) is 22.7. The van der Waals surface area contributed by atoms with Crippen LogP contribution in [-0.2, 0) is 13.0 Å². The molecular formula is C27H25ClN2O3. The molecular weight excluding hydrogens is 436 g/mol. The van der Waals surface area contributed by atoms with Gasteiger partial charge in [0.2, 0.25) is 5.89 Å². The number of aromatic nitrogens is 1. The number of aryl methyl sites for hydroxylation is 2. The average molecular weight is 461 g/mol. The number of halogens is 1. The zero-order chi connectivity index (χ0) is 23.2. The highest BCUT2D eigenvalue weighted by atomic mass is 35.5. The van der Waals surface area contributed by atoms with Gasteiger partial charge in [-0.1, -0.05) is 41.4 Å². The largest absolute Gasteiger partial charge is 0.487 e. The topological polar surface area (TPSA) is 64.4 Å². The van der Waals surface area contributed by atoms with E-state index in [9.17, 15) is 4.79 Å². The number of rotatable bonds is 8. The molecule has 0 aliphatic heterocycles. The van der Waals surface area contributed by atoms with Crippen molar-refractivity contribution in [3.05, 3.63) is 106 Å². The van der Waals surface area contributed by atoms with Gasteiger partial charge in [0.15, 0.2) is 0 Å². The molecule has 3 aromatic carbocycles. The van der Waals surface area contributed by atoms with Gasteiger partial charge in [0.1, 0.15) is 23.8 Å². The first-order chi connectivity index (χ1) is 16.0. The van der Waals surface area contributed by atoms with Crippen molar-refractivity contribution in [3.63, 3.8) is 0 Å². The molecule has 0 bridgehead atoms. The highest BCUT2D eigenvalue weighted by Gasteiger charge is 2.13. The predicted molar refractivity (Wildman–Crippen MR) is 130 cm³/mol. The van der Waals surface area contributed by atoms with Crippen molar-refractivity contribution in [1.82, 2.24) is 10.3 Å². The highest BCUT2D eigenvalue weighted by molar-refractivity contribution is 6.30. The average Bonchev–Trinajstić information content (AvgIpc) is 3.20. The Kier molecular flexibility index (Phi) is 7.10. The van der Waals surface area contributed by atoms with E-state index in [1.807, 2.05) is 74.5 Å². The molecule has 1 heterocycles. The van der Waals surface area contributed by atoms with Crippen LogP contribution in [0.5, 0.6) is 5.75 Å². The molecule has 1 aromatic heterocycles. The molecule has 168 valence electrons. The van der Waals surface area contributed by atoms with Crippen molar-refractivity contribution in [1.29, 1.82) is 0 Å². The first-order valence-corrected chi connectivity index (χ1v) is 11.1. The first-order valence-electron chi connectivity index (χ1n) is 10.8. The van der Waals surface area contributed by atoms with Crippen LogP contribution in [0.4, 0.5) is 0 Å². The summed E-state index contributed by atoms with van der Waals surface area (Å²) in [5.74, 6) is 1.88. The number of oxazole rings is 1. The second-order valence-electron chi connectivity index (χ2n) is 7.83. The maximum absolute atomic E-state index is 12.4. The minimum absolute atomic E-state index is 0.119. The Labute approximate surface area is 198 Å². The molecule has 0 aliphatic rings. The van der Waals surface area contributed by atoms with Crippen LogP contribution < -0.4 is 10.1 Å². The van der Waals surface area contributed by atoms with Crippen LogP contribution in [0.15, 0.2) is 77.2 Å². The molecule has 0 fully saturated rings. The van der Waals surface area contributed by atoms with E-state index in [0.29, 0.717) is 35.4 Å². The van der Waals surface area contributed by atoms with E-state index in [4.69, 9.17) is 20.8 Å². The van der Waals surface area contributed by atoms with E-state index in [1.165, 1.54) is 5.56 Å². The Hall–Kier alpha value is -3.57. The van der Waals surface area contributed by atoms with Crippen molar-refractivity contribution in [2.75, 3.05) is 6.54 Å². The third-order valence-electron chi connectivity index (χ3n) is 5.30. The van der Waals surface area contributed by atoms with Gasteiger partial charge >= 0.3 is 0 Å². The summed E-state index contributed by atoms with van der Waals surface area (Å²) in [7, 11) is 0. The molecule has 33 heavy (non-hydrogen) atoms. The number of hydrogen-bond acceptors (Lipinski definition) is 4. The fourth-order valence-corrected chi connectivity index (χ4v) is 3.44. The molecule has 0 spiro atoms. The monoisotopic (exact) mass is 460 g/mol. The van der Waals surface area contributed by atoms with Gasteiger partial charge in [0.25, 0.3) is 5.91 Å². The van der Waals surface area contributed by atoms with Crippen molar-refractivity contribution >= 4 is 17.5 Å². The van der Waals surface area contributed by atoms with Crippen LogP contribution in [-0.4, -0.2) is 17.4 Å². The van der Waals surface area contributed by atoms with Gasteiger partial charge < -0.3 is 14.5 Å². The third kappa shape index (κ3) is 6.02. The fraction of sp³-hybridized carbons (Fsp3) is 0.185. The molecule has 0 atom stereocenters. The van der Waals surface area contributed by atoms with E-state index in [-0.39, 0.29) is 5.91 Å². The molecule has 0 aliphatic carbocycles. The molecule has 0 unspecified atom stereocenters. The minimum atomic E-state index is -0.119. The molecule has 1 N–H and O–H groups in total. The molecule has 1 amide bonds. The fourth-order valence-electron chi connectivity index (χ4n) is 3.31. The Morgan fingerprint density at radius 1 is 0.970 bits per heavy atom. The van der Waals surface area contributed by atoms with Gasteiger partial charge in [-0.3, -0.25) is 4.79 Å². The van der Waals surface area contributed by atoms with Crippen LogP contribution in [0.3, 0.4) is 0 Å². The van der Waals surface area contributed by atoms with Crippen molar-refractivity contribution in [2.45, 2.75) is 26.9 Å². The molecule has 4 aromatic rings. The summed E-state index contributed by atoms with van der Waals surface area (Å²) in [4.78, 5) is 17.0. The Morgan fingerprint density at radius 2 is 1.67 bits per heavy atom. The van der Waals surface area contributed by atoms with Crippen molar-refractivity contribution in [2.24, 2.45) is 0 Å². The quantitative estimate of drug-likeness (QED) is 0.342. The summed E-state index contributed by atoms with van der Waals surface area (Å²) < 4.78 is 11.7. The number of nitrogens with one attached hydrogen (secondary N) is 1. The zero-order valence-corrected chi connectivity index (χ0v) is 19.4. The number of hydrogen-bond donors (Lipinski definition) is 1. The first kappa shape index (κ1) is 22.6. The zero-order valence-electron chi connectivity index (χ0n) is 18.6. The van der Waals surface area contributed by atoms with Crippen LogP contribution in [0.2, 0.25) is 5.02 Å². The highest BCUT2D eigenvalue weighted by Crippen LogP contribution is 2.23. The Balaban J connectivity index is 1.33. The standard InChI is InChI=1S/C27H25ClN2O3/c1-18-3-13-24(14-4-18)32-17-25-19(2)33-27(30-25)22-9-7-21(8-10-22)26(31)29-16-15-20-5-11-23(28)12-6-20/h3-14H,15-17H2,1-2H3,(H,29,31). The van der Waals surface area contributed by atoms with E-state index in [1.54, 1.807) is 12.1 Å². The van der Waals surface area contributed by atoms with Gasteiger partial charge in [0.05, 0.1) is 0 Å². The van der Waals surface area contributed by atoms with Crippen LogP contribution in [0.25, 0.3) is 11.5 Å². The Bertz CT molecular complexity index is 1210. The van der Waals surface area contributed by atoms with Crippen LogP contribution in [0.1, 0.15) is 32.9 Å². The van der Waals surface area contributed by atoms with Gasteiger partial charge in [-0.15, -0.1) is 0 Å². The van der Waals surface area contributed by atoms with E-state index >= 15 is 0 Å². The summed E-state index contributed by atoms with van der Waals surface area (Å²) in [6.45, 7) is 4.78. The normalized spacial score (nSPS) is 10.8.